The van der Waals surface area contributed by atoms with Crippen molar-refractivity contribution in [2.75, 3.05) is 13.7 Å². The van der Waals surface area contributed by atoms with Crippen molar-refractivity contribution in [3.8, 4) is 5.75 Å². The third-order valence-corrected chi connectivity index (χ3v) is 3.33. The highest BCUT2D eigenvalue weighted by Gasteiger charge is 2.06. The zero-order valence-corrected chi connectivity index (χ0v) is 14.2. The summed E-state index contributed by atoms with van der Waals surface area (Å²) in [5.74, 6) is -0.103. The second kappa shape index (κ2) is 9.27. The molecule has 0 unspecified atom stereocenters. The van der Waals surface area contributed by atoms with Gasteiger partial charge in [0.15, 0.2) is 0 Å². The number of carbonyl (C=O) groups is 2. The van der Waals surface area contributed by atoms with Gasteiger partial charge < -0.3 is 14.2 Å². The van der Waals surface area contributed by atoms with Crippen molar-refractivity contribution >= 4 is 18.0 Å². The Morgan fingerprint density at radius 1 is 1.08 bits per heavy atom. The summed E-state index contributed by atoms with van der Waals surface area (Å²) in [6.45, 7) is 2.61. The quantitative estimate of drug-likeness (QED) is 0.569. The molecule has 0 radical (unpaired) electrons. The summed E-state index contributed by atoms with van der Waals surface area (Å²) in [5.41, 5.74) is 2.00. The number of hydrogen-bond donors (Lipinski definition) is 0. The fraction of sp³-hybridized carbons (Fsp3) is 0.200. The Hall–Kier alpha value is -3.08. The number of esters is 2. The molecule has 0 N–H and O–H groups in total. The van der Waals surface area contributed by atoms with Crippen molar-refractivity contribution < 1.29 is 23.8 Å². The van der Waals surface area contributed by atoms with E-state index in [4.69, 9.17) is 9.47 Å². The highest BCUT2D eigenvalue weighted by atomic mass is 16.5. The number of rotatable bonds is 7. The van der Waals surface area contributed by atoms with Gasteiger partial charge in [-0.05, 0) is 48.4 Å². The minimum absolute atomic E-state index is 0.0806. The second-order valence-corrected chi connectivity index (χ2v) is 5.14. The standard InChI is InChI=1S/C20H20O5/c1-3-24-18-10-7-15(8-11-18)9-12-19(21)25-14-16-5-4-6-17(13-16)20(22)23-2/h4-13H,3,14H2,1-2H3/b12-9+. The summed E-state index contributed by atoms with van der Waals surface area (Å²) in [6, 6.07) is 14.2. The molecule has 0 aromatic heterocycles. The van der Waals surface area contributed by atoms with E-state index in [0.717, 1.165) is 11.3 Å². The summed E-state index contributed by atoms with van der Waals surface area (Å²) in [5, 5.41) is 0. The monoisotopic (exact) mass is 340 g/mol. The first-order chi connectivity index (χ1) is 12.1. The van der Waals surface area contributed by atoms with Crippen LogP contribution in [0, 0.1) is 0 Å². The lowest BCUT2D eigenvalue weighted by molar-refractivity contribution is -0.138. The van der Waals surface area contributed by atoms with E-state index in [1.165, 1.54) is 13.2 Å². The van der Waals surface area contributed by atoms with Gasteiger partial charge in [-0.25, -0.2) is 9.59 Å². The van der Waals surface area contributed by atoms with Crippen LogP contribution in [0.2, 0.25) is 0 Å². The van der Waals surface area contributed by atoms with Crippen LogP contribution in [0.25, 0.3) is 6.08 Å². The molecule has 25 heavy (non-hydrogen) atoms. The molecule has 130 valence electrons. The van der Waals surface area contributed by atoms with E-state index in [1.807, 2.05) is 31.2 Å². The SMILES string of the molecule is CCOc1ccc(/C=C/C(=O)OCc2cccc(C(=O)OC)c2)cc1. The first-order valence-electron chi connectivity index (χ1n) is 7.87. The minimum Gasteiger partial charge on any atom is -0.494 e. The van der Waals surface area contributed by atoms with E-state index in [2.05, 4.69) is 4.74 Å². The van der Waals surface area contributed by atoms with Crippen LogP contribution in [-0.2, 0) is 20.9 Å². The predicted octanol–water partition coefficient (Wildman–Crippen LogP) is 3.63. The van der Waals surface area contributed by atoms with Gasteiger partial charge in [-0.3, -0.25) is 0 Å². The van der Waals surface area contributed by atoms with Crippen LogP contribution in [0.1, 0.15) is 28.4 Å². The summed E-state index contributed by atoms with van der Waals surface area (Å²) < 4.78 is 15.2. The number of hydrogen-bond acceptors (Lipinski definition) is 5. The number of benzene rings is 2. The first-order valence-corrected chi connectivity index (χ1v) is 7.87. The van der Waals surface area contributed by atoms with E-state index in [0.29, 0.717) is 17.7 Å². The van der Waals surface area contributed by atoms with Crippen molar-refractivity contribution in [3.05, 3.63) is 71.3 Å². The van der Waals surface area contributed by atoms with Crippen LogP contribution in [0.3, 0.4) is 0 Å². The maximum absolute atomic E-state index is 11.8. The van der Waals surface area contributed by atoms with Gasteiger partial charge in [-0.2, -0.15) is 0 Å². The Balaban J connectivity index is 1.89. The van der Waals surface area contributed by atoms with Gasteiger partial charge in [-0.15, -0.1) is 0 Å². The molecule has 0 aliphatic rings. The van der Waals surface area contributed by atoms with Crippen LogP contribution in [0.5, 0.6) is 5.75 Å². The zero-order valence-electron chi connectivity index (χ0n) is 14.2. The third-order valence-electron chi connectivity index (χ3n) is 3.33. The number of methoxy groups -OCH3 is 1. The lowest BCUT2D eigenvalue weighted by Gasteiger charge is -2.05. The Morgan fingerprint density at radius 3 is 2.52 bits per heavy atom. The lowest BCUT2D eigenvalue weighted by atomic mass is 10.1. The summed E-state index contributed by atoms with van der Waals surface area (Å²) in [6.07, 6.45) is 3.03. The zero-order chi connectivity index (χ0) is 18.1. The molecule has 5 heteroatoms. The molecule has 0 saturated heterocycles. The van der Waals surface area contributed by atoms with Gasteiger partial charge in [0.05, 0.1) is 19.3 Å². The van der Waals surface area contributed by atoms with Crippen molar-refractivity contribution in [2.24, 2.45) is 0 Å². The van der Waals surface area contributed by atoms with Gasteiger partial charge >= 0.3 is 11.9 Å². The van der Waals surface area contributed by atoms with Gasteiger partial charge in [0.2, 0.25) is 0 Å². The molecule has 0 aliphatic heterocycles. The summed E-state index contributed by atoms with van der Waals surface area (Å²) in [4.78, 5) is 23.3. The fourth-order valence-electron chi connectivity index (χ4n) is 2.11. The first kappa shape index (κ1) is 18.3. The maximum atomic E-state index is 11.8. The fourth-order valence-corrected chi connectivity index (χ4v) is 2.11. The van der Waals surface area contributed by atoms with Gasteiger partial charge in [0.1, 0.15) is 12.4 Å². The van der Waals surface area contributed by atoms with Crippen molar-refractivity contribution in [1.82, 2.24) is 0 Å². The summed E-state index contributed by atoms with van der Waals surface area (Å²) >= 11 is 0. The molecule has 2 aromatic carbocycles. The number of ether oxygens (including phenoxy) is 3. The maximum Gasteiger partial charge on any atom is 0.337 e. The normalized spacial score (nSPS) is 10.5. The topological polar surface area (TPSA) is 61.8 Å². The van der Waals surface area contributed by atoms with Gasteiger partial charge in [0, 0.05) is 6.08 Å². The van der Waals surface area contributed by atoms with Gasteiger partial charge in [-0.1, -0.05) is 24.3 Å². The van der Waals surface area contributed by atoms with Crippen molar-refractivity contribution in [2.45, 2.75) is 13.5 Å². The third kappa shape index (κ3) is 5.80. The predicted molar refractivity (Wildman–Crippen MR) is 94.2 cm³/mol. The molecular weight excluding hydrogens is 320 g/mol. The molecule has 0 heterocycles. The largest absolute Gasteiger partial charge is 0.494 e. The molecular formula is C20H20O5. The molecule has 0 bridgehead atoms. The average molecular weight is 340 g/mol. The molecule has 0 saturated carbocycles. The number of carbonyl (C=O) groups excluding carboxylic acids is 2. The van der Waals surface area contributed by atoms with Crippen molar-refractivity contribution in [3.63, 3.8) is 0 Å². The highest BCUT2D eigenvalue weighted by Crippen LogP contribution is 2.13. The van der Waals surface area contributed by atoms with Crippen LogP contribution in [0.15, 0.2) is 54.6 Å². The van der Waals surface area contributed by atoms with E-state index in [9.17, 15) is 9.59 Å². The molecule has 5 nitrogen and oxygen atoms in total. The highest BCUT2D eigenvalue weighted by molar-refractivity contribution is 5.89. The Labute approximate surface area is 146 Å². The molecule has 2 aromatic rings. The van der Waals surface area contributed by atoms with Crippen LogP contribution in [-0.4, -0.2) is 25.7 Å². The Bertz CT molecular complexity index is 747. The van der Waals surface area contributed by atoms with Gasteiger partial charge in [0.25, 0.3) is 0 Å². The van der Waals surface area contributed by atoms with Crippen molar-refractivity contribution in [1.29, 1.82) is 0 Å². The van der Waals surface area contributed by atoms with Crippen LogP contribution in [0.4, 0.5) is 0 Å². The smallest absolute Gasteiger partial charge is 0.337 e. The second-order valence-electron chi connectivity index (χ2n) is 5.14. The molecule has 0 amide bonds. The molecule has 2 rings (SSSR count). The molecule has 0 spiro atoms. The van der Waals surface area contributed by atoms with Crippen LogP contribution >= 0.6 is 0 Å². The summed E-state index contributed by atoms with van der Waals surface area (Å²) in [7, 11) is 1.32. The van der Waals surface area contributed by atoms with E-state index in [-0.39, 0.29) is 6.61 Å². The van der Waals surface area contributed by atoms with E-state index < -0.39 is 11.9 Å². The molecule has 0 aliphatic carbocycles. The molecule has 0 fully saturated rings. The van der Waals surface area contributed by atoms with E-state index >= 15 is 0 Å². The minimum atomic E-state index is -0.461. The molecule has 0 atom stereocenters. The average Bonchev–Trinajstić information content (AvgIpc) is 2.65. The van der Waals surface area contributed by atoms with Crippen LogP contribution < -0.4 is 4.74 Å². The Kier molecular flexibility index (Phi) is 6.77. The van der Waals surface area contributed by atoms with E-state index in [1.54, 1.807) is 30.3 Å². The Morgan fingerprint density at radius 2 is 1.84 bits per heavy atom. The lowest BCUT2D eigenvalue weighted by Crippen LogP contribution is -2.04.